The lowest BCUT2D eigenvalue weighted by molar-refractivity contribution is -0.114. The number of rotatable bonds is 7. The van der Waals surface area contributed by atoms with Crippen LogP contribution in [0.2, 0.25) is 0 Å². The highest BCUT2D eigenvalue weighted by atomic mass is 32.2. The molecule has 0 heterocycles. The van der Waals surface area contributed by atoms with Crippen molar-refractivity contribution in [1.82, 2.24) is 0 Å². The fourth-order valence-electron chi connectivity index (χ4n) is 2.09. The monoisotopic (exact) mass is 360 g/mol. The summed E-state index contributed by atoms with van der Waals surface area (Å²) in [6.45, 7) is 1.45. The number of methoxy groups -OCH3 is 2. The van der Waals surface area contributed by atoms with E-state index in [1.165, 1.54) is 18.7 Å². The summed E-state index contributed by atoms with van der Waals surface area (Å²) in [5, 5.41) is 5.49. The maximum Gasteiger partial charge on any atom is 0.234 e. The predicted molar refractivity (Wildman–Crippen MR) is 99.6 cm³/mol. The largest absolute Gasteiger partial charge is 0.493 e. The molecule has 6 nitrogen and oxygen atoms in total. The number of hydrogen-bond donors (Lipinski definition) is 2. The lowest BCUT2D eigenvalue weighted by atomic mass is 10.3. The molecule has 0 saturated heterocycles. The second kappa shape index (κ2) is 8.98. The van der Waals surface area contributed by atoms with Gasteiger partial charge in [-0.05, 0) is 42.5 Å². The molecule has 0 aliphatic rings. The molecule has 0 bridgehead atoms. The highest BCUT2D eigenvalue weighted by Gasteiger charge is 2.08. The van der Waals surface area contributed by atoms with Crippen LogP contribution in [-0.2, 0) is 9.59 Å². The number of nitrogens with one attached hydrogen (secondary N) is 2. The Balaban J connectivity index is 1.89. The summed E-state index contributed by atoms with van der Waals surface area (Å²) in [5.74, 6) is 1.29. The van der Waals surface area contributed by atoms with Crippen molar-refractivity contribution in [3.63, 3.8) is 0 Å². The Bertz CT molecular complexity index is 747. The number of benzene rings is 2. The van der Waals surface area contributed by atoms with Crippen molar-refractivity contribution in [2.75, 3.05) is 30.6 Å². The Kier molecular flexibility index (Phi) is 6.71. The van der Waals surface area contributed by atoms with E-state index in [9.17, 15) is 9.59 Å². The van der Waals surface area contributed by atoms with Gasteiger partial charge >= 0.3 is 0 Å². The van der Waals surface area contributed by atoms with Crippen molar-refractivity contribution < 1.29 is 19.1 Å². The van der Waals surface area contributed by atoms with E-state index in [1.807, 2.05) is 12.1 Å². The molecule has 2 N–H and O–H groups in total. The zero-order valence-corrected chi connectivity index (χ0v) is 15.1. The highest BCUT2D eigenvalue weighted by Crippen LogP contribution is 2.31. The van der Waals surface area contributed by atoms with Crippen LogP contribution in [0.25, 0.3) is 0 Å². The van der Waals surface area contributed by atoms with Crippen molar-refractivity contribution in [2.24, 2.45) is 0 Å². The zero-order chi connectivity index (χ0) is 18.2. The summed E-state index contributed by atoms with van der Waals surface area (Å²) >= 11 is 1.40. The van der Waals surface area contributed by atoms with Crippen LogP contribution < -0.4 is 20.1 Å². The van der Waals surface area contributed by atoms with Gasteiger partial charge in [-0.3, -0.25) is 9.59 Å². The van der Waals surface area contributed by atoms with E-state index >= 15 is 0 Å². The lowest BCUT2D eigenvalue weighted by Crippen LogP contribution is -2.14. The number of amides is 2. The van der Waals surface area contributed by atoms with Crippen molar-refractivity contribution in [3.05, 3.63) is 42.5 Å². The van der Waals surface area contributed by atoms with Crippen LogP contribution in [0.3, 0.4) is 0 Å². The van der Waals surface area contributed by atoms with Crippen LogP contribution in [0.5, 0.6) is 11.5 Å². The van der Waals surface area contributed by atoms with Gasteiger partial charge in [0.05, 0.1) is 20.0 Å². The summed E-state index contributed by atoms with van der Waals surface area (Å²) < 4.78 is 10.4. The first-order valence-corrected chi connectivity index (χ1v) is 8.52. The van der Waals surface area contributed by atoms with Gasteiger partial charge in [-0.15, -0.1) is 11.8 Å². The third-order valence-corrected chi connectivity index (χ3v) is 4.21. The first kappa shape index (κ1) is 18.7. The molecule has 0 aliphatic carbocycles. The number of thioether (sulfide) groups is 1. The molecular weight excluding hydrogens is 340 g/mol. The molecular formula is C18H20N2O4S. The molecule has 2 amide bonds. The third kappa shape index (κ3) is 5.72. The standard InChI is InChI=1S/C18H20N2O4S/c1-12(21)19-13-4-6-14(7-5-13)20-18(22)11-25-15-8-9-16(23-2)17(10-15)24-3/h4-10H,11H2,1-3H3,(H,19,21)(H,20,22). The van der Waals surface area contributed by atoms with E-state index in [1.54, 1.807) is 44.6 Å². The molecule has 132 valence electrons. The Morgan fingerprint density at radius 1 is 0.920 bits per heavy atom. The summed E-state index contributed by atoms with van der Waals surface area (Å²) in [7, 11) is 3.15. The Morgan fingerprint density at radius 2 is 1.52 bits per heavy atom. The molecule has 25 heavy (non-hydrogen) atoms. The highest BCUT2D eigenvalue weighted by molar-refractivity contribution is 8.00. The molecule has 2 aromatic rings. The second-order valence-electron chi connectivity index (χ2n) is 5.11. The van der Waals surface area contributed by atoms with Crippen LogP contribution >= 0.6 is 11.8 Å². The van der Waals surface area contributed by atoms with Gasteiger partial charge in [0.25, 0.3) is 0 Å². The number of ether oxygens (including phenoxy) is 2. The van der Waals surface area contributed by atoms with E-state index in [2.05, 4.69) is 10.6 Å². The fraction of sp³-hybridized carbons (Fsp3) is 0.222. The van der Waals surface area contributed by atoms with Gasteiger partial charge in [0.1, 0.15) is 0 Å². The lowest BCUT2D eigenvalue weighted by Gasteiger charge is -2.10. The summed E-state index contributed by atoms with van der Waals surface area (Å²) in [6, 6.07) is 12.5. The van der Waals surface area contributed by atoms with Gasteiger partial charge in [-0.1, -0.05) is 0 Å². The smallest absolute Gasteiger partial charge is 0.234 e. The van der Waals surface area contributed by atoms with E-state index in [0.29, 0.717) is 22.9 Å². The predicted octanol–water partition coefficient (Wildman–Crippen LogP) is 3.39. The minimum Gasteiger partial charge on any atom is -0.493 e. The average molecular weight is 360 g/mol. The van der Waals surface area contributed by atoms with E-state index in [-0.39, 0.29) is 17.6 Å². The topological polar surface area (TPSA) is 76.7 Å². The zero-order valence-electron chi connectivity index (χ0n) is 14.3. The summed E-state index contributed by atoms with van der Waals surface area (Å²) in [4.78, 5) is 24.0. The van der Waals surface area contributed by atoms with Crippen molar-refractivity contribution in [3.8, 4) is 11.5 Å². The molecule has 0 saturated carbocycles. The first-order chi connectivity index (χ1) is 12.0. The van der Waals surface area contributed by atoms with Gasteiger partial charge < -0.3 is 20.1 Å². The molecule has 0 aromatic heterocycles. The van der Waals surface area contributed by atoms with Crippen molar-refractivity contribution >= 4 is 35.0 Å². The Hall–Kier alpha value is -2.67. The van der Waals surface area contributed by atoms with Crippen molar-refractivity contribution in [1.29, 1.82) is 0 Å². The van der Waals surface area contributed by atoms with Crippen LogP contribution in [-0.4, -0.2) is 31.8 Å². The molecule has 0 atom stereocenters. The normalized spacial score (nSPS) is 10.0. The Morgan fingerprint density at radius 3 is 2.08 bits per heavy atom. The molecule has 0 radical (unpaired) electrons. The quantitative estimate of drug-likeness (QED) is 0.740. The number of hydrogen-bond acceptors (Lipinski definition) is 5. The van der Waals surface area contributed by atoms with E-state index in [4.69, 9.17) is 9.47 Å². The summed E-state index contributed by atoms with van der Waals surface area (Å²) in [6.07, 6.45) is 0. The maximum absolute atomic E-state index is 12.1. The molecule has 0 aliphatic heterocycles. The number of carbonyl (C=O) groups is 2. The minimum atomic E-state index is -0.136. The van der Waals surface area contributed by atoms with E-state index < -0.39 is 0 Å². The molecule has 2 aromatic carbocycles. The van der Waals surface area contributed by atoms with Crippen LogP contribution in [0.1, 0.15) is 6.92 Å². The minimum absolute atomic E-state index is 0.118. The van der Waals surface area contributed by atoms with Gasteiger partial charge in [0.2, 0.25) is 11.8 Å². The summed E-state index contributed by atoms with van der Waals surface area (Å²) in [5.41, 5.74) is 1.36. The van der Waals surface area contributed by atoms with E-state index in [0.717, 1.165) is 4.90 Å². The van der Waals surface area contributed by atoms with Gasteiger partial charge in [0.15, 0.2) is 11.5 Å². The van der Waals surface area contributed by atoms with Crippen LogP contribution in [0, 0.1) is 0 Å². The second-order valence-corrected chi connectivity index (χ2v) is 6.16. The number of carbonyl (C=O) groups excluding carboxylic acids is 2. The van der Waals surface area contributed by atoms with Gasteiger partial charge in [-0.25, -0.2) is 0 Å². The third-order valence-electron chi connectivity index (χ3n) is 3.21. The van der Waals surface area contributed by atoms with Crippen molar-refractivity contribution in [2.45, 2.75) is 11.8 Å². The van der Waals surface area contributed by atoms with Crippen LogP contribution in [0.4, 0.5) is 11.4 Å². The molecule has 0 spiro atoms. The molecule has 0 unspecified atom stereocenters. The SMILES string of the molecule is COc1ccc(SCC(=O)Nc2ccc(NC(C)=O)cc2)cc1OC. The fourth-order valence-corrected chi connectivity index (χ4v) is 2.82. The van der Waals surface area contributed by atoms with Gasteiger partial charge in [-0.2, -0.15) is 0 Å². The van der Waals surface area contributed by atoms with Crippen LogP contribution in [0.15, 0.2) is 47.4 Å². The molecule has 7 heteroatoms. The molecule has 2 rings (SSSR count). The van der Waals surface area contributed by atoms with Gasteiger partial charge in [0, 0.05) is 23.2 Å². The average Bonchev–Trinajstić information content (AvgIpc) is 2.61. The Labute approximate surface area is 150 Å². The first-order valence-electron chi connectivity index (χ1n) is 7.54. The molecule has 0 fully saturated rings. The maximum atomic E-state index is 12.1. The number of anilines is 2.